The van der Waals surface area contributed by atoms with Crippen LogP contribution in [-0.4, -0.2) is 11.1 Å². The summed E-state index contributed by atoms with van der Waals surface area (Å²) >= 11 is 0. The van der Waals surface area contributed by atoms with E-state index in [0.717, 1.165) is 18.8 Å². The molecule has 0 aromatic heterocycles. The SMILES string of the molecule is CCCC(C)CCCCCCCC(=O)O. The van der Waals surface area contributed by atoms with Gasteiger partial charge in [-0.2, -0.15) is 0 Å². The van der Waals surface area contributed by atoms with Gasteiger partial charge in [-0.1, -0.05) is 58.8 Å². The van der Waals surface area contributed by atoms with E-state index >= 15 is 0 Å². The number of rotatable bonds is 10. The molecule has 0 bridgehead atoms. The van der Waals surface area contributed by atoms with E-state index < -0.39 is 5.97 Å². The summed E-state index contributed by atoms with van der Waals surface area (Å²) in [5, 5.41) is 8.45. The number of unbranched alkanes of at least 4 members (excludes halogenated alkanes) is 4. The van der Waals surface area contributed by atoms with Crippen molar-refractivity contribution in [3.8, 4) is 0 Å². The monoisotopic (exact) mass is 214 g/mol. The number of carbonyl (C=O) groups is 1. The molecule has 0 aliphatic carbocycles. The minimum atomic E-state index is -0.661. The first-order chi connectivity index (χ1) is 7.16. The zero-order chi connectivity index (χ0) is 11.5. The topological polar surface area (TPSA) is 37.3 Å². The predicted molar refractivity (Wildman–Crippen MR) is 64.0 cm³/mol. The second-order valence-corrected chi connectivity index (χ2v) is 4.59. The van der Waals surface area contributed by atoms with Gasteiger partial charge < -0.3 is 5.11 Å². The highest BCUT2D eigenvalue weighted by molar-refractivity contribution is 5.66. The first kappa shape index (κ1) is 14.5. The first-order valence-electron chi connectivity index (χ1n) is 6.38. The fourth-order valence-corrected chi connectivity index (χ4v) is 1.94. The second kappa shape index (κ2) is 10.0. The van der Waals surface area contributed by atoms with Crippen molar-refractivity contribution < 1.29 is 9.90 Å². The molecule has 0 saturated carbocycles. The summed E-state index contributed by atoms with van der Waals surface area (Å²) in [4.78, 5) is 10.2. The largest absolute Gasteiger partial charge is 0.481 e. The van der Waals surface area contributed by atoms with Gasteiger partial charge in [-0.15, -0.1) is 0 Å². The molecule has 90 valence electrons. The summed E-state index contributed by atoms with van der Waals surface area (Å²) in [6, 6.07) is 0. The Bertz CT molecular complexity index is 155. The van der Waals surface area contributed by atoms with Crippen LogP contribution in [0.25, 0.3) is 0 Å². The van der Waals surface area contributed by atoms with Gasteiger partial charge in [0.2, 0.25) is 0 Å². The van der Waals surface area contributed by atoms with Crippen molar-refractivity contribution in [3.63, 3.8) is 0 Å². The molecular formula is C13H26O2. The van der Waals surface area contributed by atoms with Crippen molar-refractivity contribution in [2.24, 2.45) is 5.92 Å². The lowest BCUT2D eigenvalue weighted by Crippen LogP contribution is -1.95. The fraction of sp³-hybridized carbons (Fsp3) is 0.923. The van der Waals surface area contributed by atoms with Crippen molar-refractivity contribution in [1.29, 1.82) is 0 Å². The van der Waals surface area contributed by atoms with Gasteiger partial charge in [0.1, 0.15) is 0 Å². The fourth-order valence-electron chi connectivity index (χ4n) is 1.94. The van der Waals surface area contributed by atoms with Crippen molar-refractivity contribution in [2.45, 2.75) is 71.6 Å². The van der Waals surface area contributed by atoms with Gasteiger partial charge in [-0.3, -0.25) is 4.79 Å². The quantitative estimate of drug-likeness (QED) is 0.552. The van der Waals surface area contributed by atoms with E-state index in [1.807, 2.05) is 0 Å². The lowest BCUT2D eigenvalue weighted by Gasteiger charge is -2.08. The van der Waals surface area contributed by atoms with E-state index in [9.17, 15) is 4.79 Å². The van der Waals surface area contributed by atoms with Crippen molar-refractivity contribution in [3.05, 3.63) is 0 Å². The van der Waals surface area contributed by atoms with Crippen LogP contribution in [-0.2, 0) is 4.79 Å². The third-order valence-corrected chi connectivity index (χ3v) is 2.87. The summed E-state index contributed by atoms with van der Waals surface area (Å²) in [6.45, 7) is 4.57. The van der Waals surface area contributed by atoms with Crippen LogP contribution in [0.1, 0.15) is 71.6 Å². The zero-order valence-electron chi connectivity index (χ0n) is 10.3. The first-order valence-corrected chi connectivity index (χ1v) is 6.38. The molecule has 0 rings (SSSR count). The second-order valence-electron chi connectivity index (χ2n) is 4.59. The smallest absolute Gasteiger partial charge is 0.303 e. The van der Waals surface area contributed by atoms with E-state index in [1.165, 1.54) is 38.5 Å². The molecule has 0 aromatic rings. The Balaban J connectivity index is 3.07. The molecule has 0 radical (unpaired) electrons. The Hall–Kier alpha value is -0.530. The van der Waals surface area contributed by atoms with Gasteiger partial charge in [0.25, 0.3) is 0 Å². The Labute approximate surface area is 94.1 Å². The molecule has 0 aliphatic rings. The van der Waals surface area contributed by atoms with Crippen LogP contribution in [0.2, 0.25) is 0 Å². The van der Waals surface area contributed by atoms with Gasteiger partial charge in [0, 0.05) is 6.42 Å². The Morgan fingerprint density at radius 1 is 1.07 bits per heavy atom. The molecule has 15 heavy (non-hydrogen) atoms. The number of hydrogen-bond acceptors (Lipinski definition) is 1. The lowest BCUT2D eigenvalue weighted by atomic mass is 9.98. The van der Waals surface area contributed by atoms with Crippen molar-refractivity contribution >= 4 is 5.97 Å². The van der Waals surface area contributed by atoms with Crippen molar-refractivity contribution in [1.82, 2.24) is 0 Å². The number of carboxylic acid groups (broad SMARTS) is 1. The number of aliphatic carboxylic acids is 1. The molecule has 1 unspecified atom stereocenters. The van der Waals surface area contributed by atoms with Gasteiger partial charge in [0.15, 0.2) is 0 Å². The molecule has 2 heteroatoms. The van der Waals surface area contributed by atoms with Crippen LogP contribution in [0, 0.1) is 5.92 Å². The maximum atomic E-state index is 10.2. The van der Waals surface area contributed by atoms with E-state index in [2.05, 4.69) is 13.8 Å². The maximum Gasteiger partial charge on any atom is 0.303 e. The van der Waals surface area contributed by atoms with E-state index in [4.69, 9.17) is 5.11 Å². The molecule has 0 aromatic carbocycles. The van der Waals surface area contributed by atoms with Crippen LogP contribution in [0.3, 0.4) is 0 Å². The molecule has 0 aliphatic heterocycles. The summed E-state index contributed by atoms with van der Waals surface area (Å²) in [5.74, 6) is 0.209. The number of hydrogen-bond donors (Lipinski definition) is 1. The molecule has 0 fully saturated rings. The predicted octanol–water partition coefficient (Wildman–Crippen LogP) is 4.24. The summed E-state index contributed by atoms with van der Waals surface area (Å²) < 4.78 is 0. The molecule has 0 saturated heterocycles. The molecule has 0 spiro atoms. The van der Waals surface area contributed by atoms with E-state index in [0.29, 0.717) is 6.42 Å². The average molecular weight is 214 g/mol. The van der Waals surface area contributed by atoms with Gasteiger partial charge in [-0.25, -0.2) is 0 Å². The van der Waals surface area contributed by atoms with E-state index in [-0.39, 0.29) is 0 Å². The summed E-state index contributed by atoms with van der Waals surface area (Å²) in [5.41, 5.74) is 0. The van der Waals surface area contributed by atoms with Crippen LogP contribution in [0.15, 0.2) is 0 Å². The van der Waals surface area contributed by atoms with Crippen LogP contribution < -0.4 is 0 Å². The molecular weight excluding hydrogens is 188 g/mol. The normalized spacial score (nSPS) is 12.7. The number of carboxylic acids is 1. The summed E-state index contributed by atoms with van der Waals surface area (Å²) in [7, 11) is 0. The zero-order valence-corrected chi connectivity index (χ0v) is 10.3. The molecule has 1 atom stereocenters. The Morgan fingerprint density at radius 3 is 2.27 bits per heavy atom. The highest BCUT2D eigenvalue weighted by Crippen LogP contribution is 2.15. The third kappa shape index (κ3) is 11.4. The Kier molecular flexibility index (Phi) is 9.65. The van der Waals surface area contributed by atoms with Crippen LogP contribution >= 0.6 is 0 Å². The summed E-state index contributed by atoms with van der Waals surface area (Å²) in [6.07, 6.45) is 10.0. The van der Waals surface area contributed by atoms with Gasteiger partial charge in [-0.05, 0) is 12.3 Å². The van der Waals surface area contributed by atoms with Crippen LogP contribution in [0.4, 0.5) is 0 Å². The highest BCUT2D eigenvalue weighted by Gasteiger charge is 2.00. The molecule has 2 nitrogen and oxygen atoms in total. The lowest BCUT2D eigenvalue weighted by molar-refractivity contribution is -0.137. The minimum Gasteiger partial charge on any atom is -0.481 e. The molecule has 0 heterocycles. The Morgan fingerprint density at radius 2 is 1.67 bits per heavy atom. The van der Waals surface area contributed by atoms with E-state index in [1.54, 1.807) is 0 Å². The van der Waals surface area contributed by atoms with Crippen molar-refractivity contribution in [2.75, 3.05) is 0 Å². The van der Waals surface area contributed by atoms with Gasteiger partial charge >= 0.3 is 5.97 Å². The third-order valence-electron chi connectivity index (χ3n) is 2.87. The van der Waals surface area contributed by atoms with Gasteiger partial charge in [0.05, 0.1) is 0 Å². The van der Waals surface area contributed by atoms with Crippen LogP contribution in [0.5, 0.6) is 0 Å². The molecule has 1 N–H and O–H groups in total. The standard InChI is InChI=1S/C13H26O2/c1-3-9-12(2)10-7-5-4-6-8-11-13(14)15/h12H,3-11H2,1-2H3,(H,14,15). The maximum absolute atomic E-state index is 10.2. The average Bonchev–Trinajstić information content (AvgIpc) is 2.16. The molecule has 0 amide bonds. The highest BCUT2D eigenvalue weighted by atomic mass is 16.4. The minimum absolute atomic E-state index is 0.340.